The van der Waals surface area contributed by atoms with E-state index in [9.17, 15) is 19.2 Å². The van der Waals surface area contributed by atoms with E-state index < -0.39 is 29.9 Å². The smallest absolute Gasteiger partial charge is 0.326 e. The fourth-order valence-electron chi connectivity index (χ4n) is 3.12. The first-order chi connectivity index (χ1) is 15.8. The third kappa shape index (κ3) is 5.64. The molecule has 2 amide bonds. The number of rotatable bonds is 8. The van der Waals surface area contributed by atoms with E-state index in [0.717, 1.165) is 4.90 Å². The van der Waals surface area contributed by atoms with Crippen molar-refractivity contribution in [3.8, 4) is 5.75 Å². The summed E-state index contributed by atoms with van der Waals surface area (Å²) in [6.45, 7) is 6.01. The Morgan fingerprint density at radius 3 is 2.03 bits per heavy atom. The highest BCUT2D eigenvalue weighted by molar-refractivity contribution is 6.22. The minimum absolute atomic E-state index is 0.0470. The Morgan fingerprint density at radius 1 is 0.970 bits per heavy atom. The standard InChI is InChI=1S/C22H19NO7.C3H8/c1-22(13-30-22)19(25)14-6-8-15(9-7-14)28-10-11-29-18(24)12-23-20(26)16-4-2-3-5-17(16)21(23)27;1-3-2/h2-9H,10-13H2,1H3;3H2,1-2H3. The molecule has 0 saturated carbocycles. The Balaban J connectivity index is 0.000000968. The zero-order valence-electron chi connectivity index (χ0n) is 19.0. The van der Waals surface area contributed by atoms with Gasteiger partial charge in [-0.3, -0.25) is 24.1 Å². The summed E-state index contributed by atoms with van der Waals surface area (Å²) >= 11 is 0. The quantitative estimate of drug-likeness (QED) is 0.199. The lowest BCUT2D eigenvalue weighted by Gasteiger charge is -2.13. The van der Waals surface area contributed by atoms with Crippen LogP contribution >= 0.6 is 0 Å². The zero-order chi connectivity index (χ0) is 24.0. The van der Waals surface area contributed by atoms with Crippen LogP contribution in [0.5, 0.6) is 5.75 Å². The van der Waals surface area contributed by atoms with Gasteiger partial charge in [0.1, 0.15) is 25.5 Å². The normalized spacial score (nSPS) is 18.2. The second kappa shape index (κ2) is 10.4. The molecule has 0 aromatic heterocycles. The van der Waals surface area contributed by atoms with Crippen molar-refractivity contribution in [3.05, 3.63) is 65.2 Å². The van der Waals surface area contributed by atoms with Gasteiger partial charge in [-0.2, -0.15) is 0 Å². The summed E-state index contributed by atoms with van der Waals surface area (Å²) in [5.41, 5.74) is 0.385. The summed E-state index contributed by atoms with van der Waals surface area (Å²) in [6.07, 6.45) is 1.25. The molecule has 2 aromatic rings. The lowest BCUT2D eigenvalue weighted by atomic mass is 10.0. The van der Waals surface area contributed by atoms with E-state index in [1.165, 1.54) is 6.42 Å². The molecular weight excluding hydrogens is 426 g/mol. The van der Waals surface area contributed by atoms with Gasteiger partial charge in [0.25, 0.3) is 11.8 Å². The first-order valence-electron chi connectivity index (χ1n) is 10.8. The molecule has 2 aromatic carbocycles. The van der Waals surface area contributed by atoms with Crippen LogP contribution in [0.25, 0.3) is 0 Å². The average molecular weight is 453 g/mol. The largest absolute Gasteiger partial charge is 0.490 e. The van der Waals surface area contributed by atoms with E-state index in [0.29, 0.717) is 17.9 Å². The van der Waals surface area contributed by atoms with Crippen LogP contribution < -0.4 is 4.74 Å². The third-order valence-electron chi connectivity index (χ3n) is 4.95. The molecule has 2 aliphatic heterocycles. The Kier molecular flexibility index (Phi) is 7.60. The number of carbonyl (C=O) groups excluding carboxylic acids is 4. The molecular formula is C25H27NO7. The Labute approximate surface area is 192 Å². The van der Waals surface area contributed by atoms with E-state index in [2.05, 4.69) is 13.8 Å². The van der Waals surface area contributed by atoms with Crippen molar-refractivity contribution in [2.75, 3.05) is 26.4 Å². The van der Waals surface area contributed by atoms with Crippen LogP contribution in [0.4, 0.5) is 0 Å². The van der Waals surface area contributed by atoms with Gasteiger partial charge in [-0.05, 0) is 43.3 Å². The van der Waals surface area contributed by atoms with Crippen molar-refractivity contribution in [1.82, 2.24) is 4.90 Å². The number of imide groups is 1. The predicted octanol–water partition coefficient (Wildman–Crippen LogP) is 3.29. The highest BCUT2D eigenvalue weighted by Gasteiger charge is 2.47. The van der Waals surface area contributed by atoms with Gasteiger partial charge in [0.05, 0.1) is 17.7 Å². The second-order valence-corrected chi connectivity index (χ2v) is 7.89. The van der Waals surface area contributed by atoms with Crippen LogP contribution in [0.1, 0.15) is 58.3 Å². The van der Waals surface area contributed by atoms with Crippen LogP contribution in [0, 0.1) is 0 Å². The maximum atomic E-state index is 12.2. The van der Waals surface area contributed by atoms with Gasteiger partial charge >= 0.3 is 5.97 Å². The van der Waals surface area contributed by atoms with Crippen LogP contribution in [0.15, 0.2) is 48.5 Å². The molecule has 1 fully saturated rings. The number of fused-ring (bicyclic) bond motifs is 1. The van der Waals surface area contributed by atoms with Crippen molar-refractivity contribution in [3.63, 3.8) is 0 Å². The van der Waals surface area contributed by atoms with E-state index in [1.54, 1.807) is 55.5 Å². The van der Waals surface area contributed by atoms with E-state index in [1.807, 2.05) is 0 Å². The Morgan fingerprint density at radius 2 is 1.52 bits per heavy atom. The van der Waals surface area contributed by atoms with Gasteiger partial charge in [0.15, 0.2) is 11.4 Å². The number of hydrogen-bond acceptors (Lipinski definition) is 7. The summed E-state index contributed by atoms with van der Waals surface area (Å²) in [4.78, 5) is 49.5. The SMILES string of the molecule is CC1(C(=O)c2ccc(OCCOC(=O)CN3C(=O)c4ccccc4C3=O)cc2)CO1.CCC. The molecule has 0 aliphatic carbocycles. The average Bonchev–Trinajstić information content (AvgIpc) is 3.53. The first-order valence-corrected chi connectivity index (χ1v) is 10.8. The summed E-state index contributed by atoms with van der Waals surface area (Å²) in [5, 5.41) is 0. The number of ketones is 1. The predicted molar refractivity (Wildman–Crippen MR) is 119 cm³/mol. The number of carbonyl (C=O) groups is 4. The molecule has 0 bridgehead atoms. The van der Waals surface area contributed by atoms with Gasteiger partial charge in [0.2, 0.25) is 0 Å². The minimum Gasteiger partial charge on any atom is -0.490 e. The summed E-state index contributed by atoms with van der Waals surface area (Å²) in [5.74, 6) is -1.28. The fraction of sp³-hybridized carbons (Fsp3) is 0.360. The molecule has 33 heavy (non-hydrogen) atoms. The summed E-state index contributed by atoms with van der Waals surface area (Å²) < 4.78 is 15.7. The number of epoxide rings is 1. The molecule has 174 valence electrons. The Bertz CT molecular complexity index is 1010. The molecule has 0 radical (unpaired) electrons. The van der Waals surface area contributed by atoms with E-state index >= 15 is 0 Å². The van der Waals surface area contributed by atoms with Gasteiger partial charge in [-0.15, -0.1) is 0 Å². The molecule has 1 atom stereocenters. The molecule has 0 N–H and O–H groups in total. The number of amides is 2. The molecule has 4 rings (SSSR count). The molecule has 1 unspecified atom stereocenters. The number of benzene rings is 2. The second-order valence-electron chi connectivity index (χ2n) is 7.89. The van der Waals surface area contributed by atoms with Crippen LogP contribution in [0.2, 0.25) is 0 Å². The summed E-state index contributed by atoms with van der Waals surface area (Å²) in [6, 6.07) is 13.0. The van der Waals surface area contributed by atoms with Crippen LogP contribution in [0.3, 0.4) is 0 Å². The highest BCUT2D eigenvalue weighted by atomic mass is 16.6. The van der Waals surface area contributed by atoms with Crippen LogP contribution in [-0.4, -0.2) is 60.4 Å². The first kappa shape index (κ1) is 24.1. The van der Waals surface area contributed by atoms with Gasteiger partial charge in [0, 0.05) is 5.56 Å². The molecule has 2 heterocycles. The summed E-state index contributed by atoms with van der Waals surface area (Å²) in [7, 11) is 0. The number of esters is 1. The minimum atomic E-state index is -0.712. The van der Waals surface area contributed by atoms with Crippen LogP contribution in [-0.2, 0) is 14.3 Å². The number of hydrogen-bond donors (Lipinski definition) is 0. The van der Waals surface area contributed by atoms with Crippen molar-refractivity contribution < 1.29 is 33.4 Å². The Hall–Kier alpha value is -3.52. The van der Waals surface area contributed by atoms with E-state index in [-0.39, 0.29) is 30.1 Å². The van der Waals surface area contributed by atoms with Crippen molar-refractivity contribution >= 4 is 23.6 Å². The monoisotopic (exact) mass is 453 g/mol. The van der Waals surface area contributed by atoms with Gasteiger partial charge in [-0.1, -0.05) is 32.4 Å². The van der Waals surface area contributed by atoms with Gasteiger partial charge in [-0.25, -0.2) is 0 Å². The maximum Gasteiger partial charge on any atom is 0.326 e. The topological polar surface area (TPSA) is 103 Å². The van der Waals surface area contributed by atoms with Crippen molar-refractivity contribution in [2.45, 2.75) is 32.8 Å². The zero-order valence-corrected chi connectivity index (χ0v) is 19.0. The lowest BCUT2D eigenvalue weighted by molar-refractivity contribution is -0.144. The molecule has 0 spiro atoms. The van der Waals surface area contributed by atoms with Crippen molar-refractivity contribution in [2.24, 2.45) is 0 Å². The van der Waals surface area contributed by atoms with Crippen molar-refractivity contribution in [1.29, 1.82) is 0 Å². The fourth-order valence-corrected chi connectivity index (χ4v) is 3.12. The molecule has 2 aliphatic rings. The number of Topliss-reactive ketones (excluding diaryl/α,β-unsaturated/α-hetero) is 1. The molecule has 1 saturated heterocycles. The van der Waals surface area contributed by atoms with Gasteiger partial charge < -0.3 is 14.2 Å². The maximum absolute atomic E-state index is 12.2. The number of ether oxygens (including phenoxy) is 3. The van der Waals surface area contributed by atoms with E-state index in [4.69, 9.17) is 14.2 Å². The molecule has 8 heteroatoms. The lowest BCUT2D eigenvalue weighted by Crippen LogP contribution is -2.36. The highest BCUT2D eigenvalue weighted by Crippen LogP contribution is 2.30. The molecule has 8 nitrogen and oxygen atoms in total. The number of nitrogens with zero attached hydrogens (tertiary/aromatic N) is 1. The third-order valence-corrected chi connectivity index (χ3v) is 4.95.